The number of benzene rings is 1. The van der Waals surface area contributed by atoms with E-state index < -0.39 is 17.4 Å². The van der Waals surface area contributed by atoms with Crippen molar-refractivity contribution in [2.75, 3.05) is 0 Å². The van der Waals surface area contributed by atoms with Gasteiger partial charge >= 0.3 is 0 Å². The Bertz CT molecular complexity index is 172. The zero-order valence-electron chi connectivity index (χ0n) is 4.36. The molecule has 9 heavy (non-hydrogen) atoms. The summed E-state index contributed by atoms with van der Waals surface area (Å²) in [4.78, 5) is 0. The van der Waals surface area contributed by atoms with Crippen LogP contribution in [0.2, 0.25) is 0 Å². The van der Waals surface area contributed by atoms with Gasteiger partial charge in [0.15, 0.2) is 0 Å². The highest BCUT2D eigenvalue weighted by molar-refractivity contribution is 5.20. The Balaban J connectivity index is 3.17. The predicted octanol–water partition coefficient (Wildman–Crippen LogP) is 1.47. The molecule has 1 rings (SSSR count). The third-order valence-electron chi connectivity index (χ3n) is 0.787. The Labute approximate surface area is 50.6 Å². The van der Waals surface area contributed by atoms with Gasteiger partial charge in [-0.3, -0.25) is 0 Å². The molecule has 1 N–H and O–H groups in total. The highest BCUT2D eigenvalue weighted by atomic mass is 19.1. The zero-order chi connectivity index (χ0) is 6.85. The molecule has 0 aliphatic carbocycles. The molecule has 0 aromatic heterocycles. The fourth-order valence-electron chi connectivity index (χ4n) is 0.488. The van der Waals surface area contributed by atoms with Crippen LogP contribution in [0.3, 0.4) is 0 Å². The second-order valence-electron chi connectivity index (χ2n) is 1.53. The van der Waals surface area contributed by atoms with E-state index >= 15 is 0 Å². The van der Waals surface area contributed by atoms with Gasteiger partial charge in [0.05, 0.1) is 6.07 Å². The van der Waals surface area contributed by atoms with Gasteiger partial charge in [0.1, 0.15) is 17.4 Å². The molecule has 47 valence electrons. The van der Waals surface area contributed by atoms with Crippen molar-refractivity contribution in [2.24, 2.45) is 0 Å². The van der Waals surface area contributed by atoms with Gasteiger partial charge in [0, 0.05) is 12.1 Å². The monoisotopic (exact) mass is 129 g/mol. The fourth-order valence-corrected chi connectivity index (χ4v) is 0.488. The fraction of sp³-hybridized carbons (Fsp3) is 0. The minimum atomic E-state index is -0.896. The van der Waals surface area contributed by atoms with E-state index in [-0.39, 0.29) is 0 Å². The van der Waals surface area contributed by atoms with E-state index in [1.165, 1.54) is 0 Å². The van der Waals surface area contributed by atoms with Crippen molar-refractivity contribution in [3.05, 3.63) is 29.8 Å². The maximum absolute atomic E-state index is 12.0. The van der Waals surface area contributed by atoms with E-state index in [1.807, 2.05) is 6.07 Å². The Morgan fingerprint density at radius 2 is 2.00 bits per heavy atom. The van der Waals surface area contributed by atoms with Crippen molar-refractivity contribution in [1.29, 1.82) is 0 Å². The topological polar surface area (TPSA) is 20.2 Å². The van der Waals surface area contributed by atoms with Crippen molar-refractivity contribution in [2.45, 2.75) is 0 Å². The molecule has 0 saturated heterocycles. The molecule has 0 amide bonds. The summed E-state index contributed by atoms with van der Waals surface area (Å²) in [5, 5.41) is 8.46. The lowest BCUT2D eigenvalue weighted by Crippen LogP contribution is -1.77. The van der Waals surface area contributed by atoms with E-state index in [4.69, 9.17) is 5.11 Å². The molecule has 0 heterocycles. The van der Waals surface area contributed by atoms with Crippen LogP contribution in [0.4, 0.5) is 8.78 Å². The van der Waals surface area contributed by atoms with Gasteiger partial charge in [-0.25, -0.2) is 8.78 Å². The maximum atomic E-state index is 12.0. The summed E-state index contributed by atoms with van der Waals surface area (Å²) in [5.41, 5.74) is 0. The number of hydrogen-bond acceptors (Lipinski definition) is 1. The third-order valence-corrected chi connectivity index (χ3v) is 0.787. The molecule has 0 atom stereocenters. The van der Waals surface area contributed by atoms with Gasteiger partial charge < -0.3 is 5.11 Å². The molecule has 1 aromatic rings. The van der Waals surface area contributed by atoms with E-state index in [0.29, 0.717) is 6.07 Å². The van der Waals surface area contributed by atoms with Crippen LogP contribution >= 0.6 is 0 Å². The van der Waals surface area contributed by atoms with Crippen LogP contribution in [-0.2, 0) is 0 Å². The Morgan fingerprint density at radius 3 is 2.44 bits per heavy atom. The normalized spacial score (nSPS) is 9.56. The molecule has 0 aliphatic rings. The summed E-state index contributed by atoms with van der Waals surface area (Å²) in [5.74, 6) is -2.22. The van der Waals surface area contributed by atoms with Crippen LogP contribution in [-0.4, -0.2) is 5.11 Å². The number of phenolic OH excluding ortho intramolecular Hbond substituents is 1. The highest BCUT2D eigenvalue weighted by Gasteiger charge is 1.96. The first-order chi connectivity index (χ1) is 4.18. The summed E-state index contributed by atoms with van der Waals surface area (Å²) >= 11 is 0. The number of aromatic hydroxyl groups is 1. The average Bonchev–Trinajstić information content (AvgIpc) is 1.59. The molecule has 1 nitrogen and oxygen atoms in total. The second kappa shape index (κ2) is 2.01. The van der Waals surface area contributed by atoms with Gasteiger partial charge in [0.25, 0.3) is 0 Å². The summed E-state index contributed by atoms with van der Waals surface area (Å²) in [6.07, 6.45) is 0. The van der Waals surface area contributed by atoms with Crippen LogP contribution in [0, 0.1) is 17.7 Å². The van der Waals surface area contributed by atoms with Crippen LogP contribution < -0.4 is 0 Å². The van der Waals surface area contributed by atoms with E-state index in [1.54, 1.807) is 0 Å². The molecule has 3 heteroatoms. The molecule has 0 bridgehead atoms. The number of phenols is 1. The number of rotatable bonds is 0. The van der Waals surface area contributed by atoms with Crippen molar-refractivity contribution in [3.8, 4) is 5.75 Å². The zero-order valence-corrected chi connectivity index (χ0v) is 4.36. The molecule has 0 fully saturated rings. The molecular weight excluding hydrogens is 126 g/mol. The highest BCUT2D eigenvalue weighted by Crippen LogP contribution is 2.11. The quantitative estimate of drug-likeness (QED) is 0.562. The average molecular weight is 129 g/mol. The third kappa shape index (κ3) is 1.38. The smallest absolute Gasteiger partial charge is 0.137 e. The van der Waals surface area contributed by atoms with E-state index in [9.17, 15) is 8.78 Å². The first-order valence-electron chi connectivity index (χ1n) is 2.26. The molecule has 0 saturated carbocycles. The summed E-state index contributed by atoms with van der Waals surface area (Å²) in [6, 6.07) is 3.28. The summed E-state index contributed by atoms with van der Waals surface area (Å²) < 4.78 is 24.0. The summed E-state index contributed by atoms with van der Waals surface area (Å²) in [6.45, 7) is 0. The van der Waals surface area contributed by atoms with Gasteiger partial charge in [-0.05, 0) is 0 Å². The standard InChI is InChI=1S/C6H3F2O/c7-4-1-5(8)3-6(9)2-4/h1-2,9H. The van der Waals surface area contributed by atoms with Crippen molar-refractivity contribution in [1.82, 2.24) is 0 Å². The largest absolute Gasteiger partial charge is 0.507 e. The van der Waals surface area contributed by atoms with Crippen molar-refractivity contribution >= 4 is 0 Å². The SMILES string of the molecule is Oc1[c]c(F)cc(F)c1. The Kier molecular flexibility index (Phi) is 1.34. The van der Waals surface area contributed by atoms with E-state index in [0.717, 1.165) is 6.07 Å². The number of halogens is 2. The molecular formula is C6H3F2O. The lowest BCUT2D eigenvalue weighted by molar-refractivity contribution is 0.459. The molecule has 1 radical (unpaired) electrons. The maximum Gasteiger partial charge on any atom is 0.137 e. The lowest BCUT2D eigenvalue weighted by atomic mass is 10.3. The van der Waals surface area contributed by atoms with Gasteiger partial charge in [-0.15, -0.1) is 0 Å². The van der Waals surface area contributed by atoms with Gasteiger partial charge in [0.2, 0.25) is 0 Å². The predicted molar refractivity (Wildman–Crippen MR) is 26.9 cm³/mol. The number of hydrogen-bond donors (Lipinski definition) is 1. The van der Waals surface area contributed by atoms with Gasteiger partial charge in [-0.1, -0.05) is 0 Å². The first-order valence-corrected chi connectivity index (χ1v) is 2.26. The minimum absolute atomic E-state index is 0.521. The van der Waals surface area contributed by atoms with Crippen molar-refractivity contribution in [3.63, 3.8) is 0 Å². The molecule has 1 aromatic carbocycles. The summed E-state index contributed by atoms with van der Waals surface area (Å²) in [7, 11) is 0. The lowest BCUT2D eigenvalue weighted by Gasteiger charge is -1.89. The van der Waals surface area contributed by atoms with Crippen LogP contribution in [0.25, 0.3) is 0 Å². The molecule has 0 aliphatic heterocycles. The minimum Gasteiger partial charge on any atom is -0.507 e. The molecule has 0 unspecified atom stereocenters. The Hall–Kier alpha value is -1.12. The first kappa shape index (κ1) is 6.01. The molecule has 0 spiro atoms. The van der Waals surface area contributed by atoms with Crippen LogP contribution in [0.15, 0.2) is 12.1 Å². The van der Waals surface area contributed by atoms with Crippen LogP contribution in [0.5, 0.6) is 5.75 Å². The Morgan fingerprint density at radius 1 is 1.33 bits per heavy atom. The second-order valence-corrected chi connectivity index (χ2v) is 1.53. The van der Waals surface area contributed by atoms with Crippen molar-refractivity contribution < 1.29 is 13.9 Å². The van der Waals surface area contributed by atoms with E-state index in [2.05, 4.69) is 0 Å². The van der Waals surface area contributed by atoms with Gasteiger partial charge in [-0.2, -0.15) is 0 Å². The van der Waals surface area contributed by atoms with Crippen LogP contribution in [0.1, 0.15) is 0 Å².